The molecule has 18 heavy (non-hydrogen) atoms. The van der Waals surface area contributed by atoms with E-state index in [1.807, 2.05) is 6.92 Å². The molecule has 1 unspecified atom stereocenters. The van der Waals surface area contributed by atoms with Crippen molar-refractivity contribution in [1.29, 1.82) is 0 Å². The van der Waals surface area contributed by atoms with E-state index in [0.29, 0.717) is 5.92 Å². The first kappa shape index (κ1) is 13.6. The molecule has 100 valence electrons. The molecular formula is C11H15ClN2O3S. The van der Waals surface area contributed by atoms with E-state index in [1.54, 1.807) is 0 Å². The third-order valence-corrected chi connectivity index (χ3v) is 4.73. The Balaban J connectivity index is 2.13. The van der Waals surface area contributed by atoms with Crippen LogP contribution in [0.5, 0.6) is 0 Å². The molecule has 1 aliphatic rings. The van der Waals surface area contributed by atoms with Crippen LogP contribution in [-0.4, -0.2) is 19.4 Å². The van der Waals surface area contributed by atoms with Gasteiger partial charge in [-0.3, -0.25) is 4.79 Å². The molecule has 1 atom stereocenters. The molecule has 1 saturated carbocycles. The van der Waals surface area contributed by atoms with E-state index >= 15 is 0 Å². The molecule has 1 aromatic rings. The molecule has 2 N–H and O–H groups in total. The summed E-state index contributed by atoms with van der Waals surface area (Å²) in [5, 5.41) is -0.132. The van der Waals surface area contributed by atoms with Crippen LogP contribution in [0.4, 0.5) is 0 Å². The predicted molar refractivity (Wildman–Crippen MR) is 69.2 cm³/mol. The van der Waals surface area contributed by atoms with Crippen molar-refractivity contribution < 1.29 is 8.42 Å². The maximum absolute atomic E-state index is 12.0. The van der Waals surface area contributed by atoms with Crippen LogP contribution < -0.4 is 10.3 Å². The van der Waals surface area contributed by atoms with Gasteiger partial charge in [-0.05, 0) is 25.3 Å². The van der Waals surface area contributed by atoms with Gasteiger partial charge >= 0.3 is 0 Å². The zero-order chi connectivity index (χ0) is 13.3. The van der Waals surface area contributed by atoms with Crippen molar-refractivity contribution in [3.8, 4) is 0 Å². The Bertz CT molecular complexity index is 593. The van der Waals surface area contributed by atoms with Gasteiger partial charge in [0.15, 0.2) is 0 Å². The van der Waals surface area contributed by atoms with Gasteiger partial charge in [0.05, 0.1) is 4.90 Å². The molecule has 0 aromatic carbocycles. The molecule has 1 heterocycles. The van der Waals surface area contributed by atoms with Gasteiger partial charge in [-0.2, -0.15) is 0 Å². The van der Waals surface area contributed by atoms with Crippen molar-refractivity contribution in [3.05, 3.63) is 27.6 Å². The molecule has 1 fully saturated rings. The molecule has 1 aliphatic carbocycles. The molecule has 0 saturated heterocycles. The fraction of sp³-hybridized carbons (Fsp3) is 0.545. The van der Waals surface area contributed by atoms with Gasteiger partial charge in [0, 0.05) is 12.2 Å². The monoisotopic (exact) mass is 290 g/mol. The number of H-pyrrole nitrogens is 1. The number of rotatable bonds is 5. The van der Waals surface area contributed by atoms with E-state index < -0.39 is 15.6 Å². The smallest absolute Gasteiger partial charge is 0.266 e. The fourth-order valence-electron chi connectivity index (χ4n) is 1.83. The second kappa shape index (κ2) is 5.03. The van der Waals surface area contributed by atoms with Gasteiger partial charge in [-0.1, -0.05) is 24.4 Å². The van der Waals surface area contributed by atoms with Crippen molar-refractivity contribution in [1.82, 2.24) is 9.71 Å². The van der Waals surface area contributed by atoms with Gasteiger partial charge in [0.25, 0.3) is 5.56 Å². The summed E-state index contributed by atoms with van der Waals surface area (Å²) in [5.41, 5.74) is -0.498. The Morgan fingerprint density at radius 3 is 2.78 bits per heavy atom. The van der Waals surface area contributed by atoms with Crippen LogP contribution >= 0.6 is 11.6 Å². The van der Waals surface area contributed by atoms with Gasteiger partial charge in [-0.25, -0.2) is 13.1 Å². The Kier molecular flexibility index (Phi) is 3.79. The highest BCUT2D eigenvalue weighted by Crippen LogP contribution is 2.33. The molecule has 5 nitrogen and oxygen atoms in total. The summed E-state index contributed by atoms with van der Waals surface area (Å²) in [6.45, 7) is 1.84. The Morgan fingerprint density at radius 1 is 1.56 bits per heavy atom. The van der Waals surface area contributed by atoms with E-state index in [1.165, 1.54) is 12.8 Å². The zero-order valence-electron chi connectivity index (χ0n) is 9.94. The molecule has 1 aromatic heterocycles. The molecule has 2 rings (SSSR count). The minimum Gasteiger partial charge on any atom is -0.326 e. The second-order valence-corrected chi connectivity index (χ2v) is 6.84. The SMILES string of the molecule is CC(CC1CC1)NS(=O)(=O)c1c[nH]c(=O)c(Cl)c1. The van der Waals surface area contributed by atoms with Crippen molar-refractivity contribution in [3.63, 3.8) is 0 Å². The van der Waals surface area contributed by atoms with E-state index in [2.05, 4.69) is 9.71 Å². The largest absolute Gasteiger partial charge is 0.326 e. The summed E-state index contributed by atoms with van der Waals surface area (Å²) >= 11 is 5.61. The van der Waals surface area contributed by atoms with Crippen LogP contribution in [0.3, 0.4) is 0 Å². The van der Waals surface area contributed by atoms with Gasteiger partial charge in [0.1, 0.15) is 5.02 Å². The van der Waals surface area contributed by atoms with Crippen molar-refractivity contribution in [2.45, 2.75) is 37.1 Å². The summed E-state index contributed by atoms with van der Waals surface area (Å²) in [4.78, 5) is 13.3. The highest BCUT2D eigenvalue weighted by Gasteiger charge is 2.26. The van der Waals surface area contributed by atoms with E-state index in [0.717, 1.165) is 18.7 Å². The molecule has 0 radical (unpaired) electrons. The van der Waals surface area contributed by atoms with Crippen LogP contribution in [0, 0.1) is 5.92 Å². The summed E-state index contributed by atoms with van der Waals surface area (Å²) in [6, 6.07) is 1.04. The minimum absolute atomic E-state index is 0.0188. The number of halogens is 1. The first-order valence-electron chi connectivity index (χ1n) is 5.79. The van der Waals surface area contributed by atoms with E-state index in [9.17, 15) is 13.2 Å². The maximum atomic E-state index is 12.0. The minimum atomic E-state index is -3.62. The number of aromatic amines is 1. The number of hydrogen-bond donors (Lipinski definition) is 2. The molecule has 0 bridgehead atoms. The number of nitrogens with one attached hydrogen (secondary N) is 2. The quantitative estimate of drug-likeness (QED) is 0.862. The van der Waals surface area contributed by atoms with Crippen molar-refractivity contribution in [2.24, 2.45) is 5.92 Å². The highest BCUT2D eigenvalue weighted by molar-refractivity contribution is 7.89. The summed E-state index contributed by atoms with van der Waals surface area (Å²) in [5.74, 6) is 0.641. The number of pyridine rings is 1. The summed E-state index contributed by atoms with van der Waals surface area (Å²) in [6.07, 6.45) is 4.35. The van der Waals surface area contributed by atoms with Gasteiger partial charge in [-0.15, -0.1) is 0 Å². The zero-order valence-corrected chi connectivity index (χ0v) is 11.5. The Morgan fingerprint density at radius 2 is 2.22 bits per heavy atom. The number of hydrogen-bond acceptors (Lipinski definition) is 3. The first-order chi connectivity index (χ1) is 8.38. The molecule has 7 heteroatoms. The molecule has 0 spiro atoms. The standard InChI is InChI=1S/C11H15ClN2O3S/c1-7(4-8-2-3-8)14-18(16,17)9-5-10(12)11(15)13-6-9/h5-8,14H,2-4H2,1H3,(H,13,15). The van der Waals surface area contributed by atoms with E-state index in [4.69, 9.17) is 11.6 Å². The molecule has 0 aliphatic heterocycles. The predicted octanol–water partition coefficient (Wildman–Crippen LogP) is 1.50. The third kappa shape index (κ3) is 3.34. The molecule has 0 amide bonds. The van der Waals surface area contributed by atoms with Crippen LogP contribution in [-0.2, 0) is 10.0 Å². The Labute approximate surface area is 111 Å². The summed E-state index contributed by atoms with van der Waals surface area (Å²) < 4.78 is 26.6. The van der Waals surface area contributed by atoms with Gasteiger partial charge < -0.3 is 4.98 Å². The Hall–Kier alpha value is -0.850. The van der Waals surface area contributed by atoms with E-state index in [-0.39, 0.29) is 16.0 Å². The van der Waals surface area contributed by atoms with Crippen molar-refractivity contribution in [2.75, 3.05) is 0 Å². The number of aromatic nitrogens is 1. The van der Waals surface area contributed by atoms with Crippen LogP contribution in [0.1, 0.15) is 26.2 Å². The lowest BCUT2D eigenvalue weighted by Crippen LogP contribution is -2.33. The lowest BCUT2D eigenvalue weighted by Gasteiger charge is -2.13. The normalized spacial score (nSPS) is 17.7. The lowest BCUT2D eigenvalue weighted by atomic mass is 10.2. The summed E-state index contributed by atoms with van der Waals surface area (Å²) in [7, 11) is -3.62. The third-order valence-electron chi connectivity index (χ3n) is 2.88. The average molecular weight is 291 g/mol. The van der Waals surface area contributed by atoms with Crippen LogP contribution in [0.25, 0.3) is 0 Å². The topological polar surface area (TPSA) is 79.0 Å². The van der Waals surface area contributed by atoms with Crippen LogP contribution in [0.15, 0.2) is 22.0 Å². The fourth-order valence-corrected chi connectivity index (χ4v) is 3.31. The van der Waals surface area contributed by atoms with Crippen molar-refractivity contribution >= 4 is 21.6 Å². The lowest BCUT2D eigenvalue weighted by molar-refractivity contribution is 0.529. The number of sulfonamides is 1. The molecular weight excluding hydrogens is 276 g/mol. The van der Waals surface area contributed by atoms with Gasteiger partial charge in [0.2, 0.25) is 10.0 Å². The second-order valence-electron chi connectivity index (χ2n) is 4.71. The maximum Gasteiger partial charge on any atom is 0.266 e. The van der Waals surface area contributed by atoms with Crippen LogP contribution in [0.2, 0.25) is 5.02 Å². The highest BCUT2D eigenvalue weighted by atomic mass is 35.5. The first-order valence-corrected chi connectivity index (χ1v) is 7.65. The average Bonchev–Trinajstić information content (AvgIpc) is 3.04.